The molecule has 2 aromatic rings. The second-order valence-corrected chi connectivity index (χ2v) is 5.44. The van der Waals surface area contributed by atoms with Gasteiger partial charge in [-0.25, -0.2) is 0 Å². The normalized spacial score (nSPS) is 9.95. The van der Waals surface area contributed by atoms with Gasteiger partial charge in [0.05, 0.1) is 5.56 Å². The lowest BCUT2D eigenvalue weighted by molar-refractivity contribution is 0.112. The lowest BCUT2D eigenvalue weighted by Crippen LogP contribution is -1.87. The van der Waals surface area contributed by atoms with Gasteiger partial charge in [0.25, 0.3) is 0 Å². The lowest BCUT2D eigenvalue weighted by atomic mass is 10.1. The summed E-state index contributed by atoms with van der Waals surface area (Å²) in [6.45, 7) is 4.11. The van der Waals surface area contributed by atoms with E-state index < -0.39 is 0 Å². The third-order valence-electron chi connectivity index (χ3n) is 2.81. The van der Waals surface area contributed by atoms with Crippen molar-refractivity contribution in [3.63, 3.8) is 0 Å². The first kappa shape index (κ1) is 13.4. The Morgan fingerprint density at radius 3 is 2.47 bits per heavy atom. The molecule has 2 rings (SSSR count). The Balaban J connectivity index is 2.38. The van der Waals surface area contributed by atoms with Crippen molar-refractivity contribution in [2.45, 2.75) is 23.6 Å². The van der Waals surface area contributed by atoms with E-state index in [0.717, 1.165) is 16.1 Å². The molecule has 2 aromatic carbocycles. The van der Waals surface area contributed by atoms with Crippen molar-refractivity contribution in [2.75, 3.05) is 0 Å². The zero-order valence-electron chi connectivity index (χ0n) is 10.8. The van der Waals surface area contributed by atoms with Gasteiger partial charge in [-0.3, -0.25) is 4.79 Å². The van der Waals surface area contributed by atoms with Crippen LogP contribution in [0, 0.1) is 25.2 Å². The molecule has 94 valence electrons. The Labute approximate surface area is 117 Å². The lowest BCUT2D eigenvalue weighted by Gasteiger charge is -2.08. The molecule has 0 radical (unpaired) electrons. The van der Waals surface area contributed by atoms with E-state index in [1.807, 2.05) is 6.07 Å². The molecule has 0 saturated carbocycles. The first-order valence-corrected chi connectivity index (χ1v) is 6.70. The highest BCUT2D eigenvalue weighted by atomic mass is 32.2. The fourth-order valence-electron chi connectivity index (χ4n) is 1.83. The molecule has 2 nitrogen and oxygen atoms in total. The van der Waals surface area contributed by atoms with Crippen LogP contribution in [0.1, 0.15) is 27.0 Å². The summed E-state index contributed by atoms with van der Waals surface area (Å²) in [5, 5.41) is 9.15. The van der Waals surface area contributed by atoms with Crippen molar-refractivity contribution >= 4 is 18.0 Å². The van der Waals surface area contributed by atoms with E-state index in [4.69, 9.17) is 5.26 Å². The summed E-state index contributed by atoms with van der Waals surface area (Å²) in [4.78, 5) is 12.7. The third kappa shape index (κ3) is 3.04. The molecule has 0 N–H and O–H groups in total. The average molecular weight is 267 g/mol. The molecule has 0 aromatic heterocycles. The summed E-state index contributed by atoms with van der Waals surface area (Å²) < 4.78 is 0. The van der Waals surface area contributed by atoms with Crippen molar-refractivity contribution in [1.29, 1.82) is 5.26 Å². The second-order valence-electron chi connectivity index (χ2n) is 4.36. The van der Waals surface area contributed by atoms with Crippen LogP contribution in [0.3, 0.4) is 0 Å². The van der Waals surface area contributed by atoms with Crippen LogP contribution in [-0.2, 0) is 0 Å². The predicted octanol–water partition coefficient (Wildman–Crippen LogP) is 4.14. The van der Waals surface area contributed by atoms with Gasteiger partial charge < -0.3 is 0 Å². The smallest absolute Gasteiger partial charge is 0.150 e. The number of benzene rings is 2. The van der Waals surface area contributed by atoms with Gasteiger partial charge in [0.15, 0.2) is 0 Å². The molecule has 0 bridgehead atoms. The standard InChI is InChI=1S/C16H13NOS/c1-11-3-5-15(12(2)7-11)19-16-6-4-13(10-18)8-14(16)9-17/h3-8,10H,1-2H3. The van der Waals surface area contributed by atoms with Gasteiger partial charge in [0, 0.05) is 15.4 Å². The van der Waals surface area contributed by atoms with Gasteiger partial charge in [-0.2, -0.15) is 5.26 Å². The zero-order chi connectivity index (χ0) is 13.8. The van der Waals surface area contributed by atoms with Gasteiger partial charge in [0.1, 0.15) is 12.4 Å². The Bertz CT molecular complexity index is 671. The SMILES string of the molecule is Cc1ccc(Sc2ccc(C=O)cc2C#N)c(C)c1. The first-order chi connectivity index (χ1) is 9.13. The average Bonchev–Trinajstić information content (AvgIpc) is 2.42. The largest absolute Gasteiger partial charge is 0.298 e. The summed E-state index contributed by atoms with van der Waals surface area (Å²) in [6.07, 6.45) is 0.756. The number of hydrogen-bond donors (Lipinski definition) is 0. The fourth-order valence-corrected chi connectivity index (χ4v) is 2.77. The first-order valence-electron chi connectivity index (χ1n) is 5.88. The van der Waals surface area contributed by atoms with Crippen LogP contribution >= 0.6 is 11.8 Å². The van der Waals surface area contributed by atoms with Crippen LogP contribution in [0.2, 0.25) is 0 Å². The fraction of sp³-hybridized carbons (Fsp3) is 0.125. The van der Waals surface area contributed by atoms with E-state index >= 15 is 0 Å². The topological polar surface area (TPSA) is 40.9 Å². The number of nitriles is 1. The third-order valence-corrected chi connectivity index (χ3v) is 4.06. The minimum Gasteiger partial charge on any atom is -0.298 e. The van der Waals surface area contributed by atoms with E-state index in [1.165, 1.54) is 11.1 Å². The van der Waals surface area contributed by atoms with Crippen LogP contribution in [0.4, 0.5) is 0 Å². The molecule has 0 saturated heterocycles. The van der Waals surface area contributed by atoms with Crippen molar-refractivity contribution in [3.8, 4) is 6.07 Å². The summed E-state index contributed by atoms with van der Waals surface area (Å²) in [6, 6.07) is 13.6. The van der Waals surface area contributed by atoms with Crippen LogP contribution in [-0.4, -0.2) is 6.29 Å². The summed E-state index contributed by atoms with van der Waals surface area (Å²) in [5.74, 6) is 0. The Hall–Kier alpha value is -2.05. The van der Waals surface area contributed by atoms with Crippen LogP contribution in [0.15, 0.2) is 46.2 Å². The van der Waals surface area contributed by atoms with Gasteiger partial charge in [-0.05, 0) is 37.6 Å². The highest BCUT2D eigenvalue weighted by Gasteiger charge is 2.07. The molecule has 0 fully saturated rings. The quantitative estimate of drug-likeness (QED) is 0.785. The summed E-state index contributed by atoms with van der Waals surface area (Å²) in [7, 11) is 0. The van der Waals surface area contributed by atoms with Gasteiger partial charge in [-0.15, -0.1) is 0 Å². The second kappa shape index (κ2) is 5.73. The molecule has 19 heavy (non-hydrogen) atoms. The summed E-state index contributed by atoms with van der Waals surface area (Å²) in [5.41, 5.74) is 3.48. The molecule has 0 aliphatic carbocycles. The molecule has 0 amide bonds. The minimum atomic E-state index is 0.529. The van der Waals surface area contributed by atoms with Crippen LogP contribution in [0.25, 0.3) is 0 Å². The van der Waals surface area contributed by atoms with E-state index in [0.29, 0.717) is 11.1 Å². The Morgan fingerprint density at radius 2 is 1.84 bits per heavy atom. The maximum absolute atomic E-state index is 10.7. The van der Waals surface area contributed by atoms with E-state index in [1.54, 1.807) is 23.9 Å². The maximum atomic E-state index is 10.7. The maximum Gasteiger partial charge on any atom is 0.150 e. The van der Waals surface area contributed by atoms with Crippen molar-refractivity contribution < 1.29 is 4.79 Å². The highest BCUT2D eigenvalue weighted by Crippen LogP contribution is 2.33. The molecule has 3 heteroatoms. The zero-order valence-corrected chi connectivity index (χ0v) is 11.6. The number of carbonyl (C=O) groups excluding carboxylic acids is 1. The van der Waals surface area contributed by atoms with Crippen molar-refractivity contribution in [1.82, 2.24) is 0 Å². The van der Waals surface area contributed by atoms with E-state index in [-0.39, 0.29) is 0 Å². The molecular formula is C16H13NOS. The van der Waals surface area contributed by atoms with Gasteiger partial charge in [-0.1, -0.05) is 35.5 Å². The van der Waals surface area contributed by atoms with Crippen molar-refractivity contribution in [3.05, 3.63) is 58.7 Å². The van der Waals surface area contributed by atoms with E-state index in [9.17, 15) is 4.79 Å². The van der Waals surface area contributed by atoms with Crippen LogP contribution in [0.5, 0.6) is 0 Å². The van der Waals surface area contributed by atoms with Gasteiger partial charge in [0.2, 0.25) is 0 Å². The Kier molecular flexibility index (Phi) is 4.03. The molecular weight excluding hydrogens is 254 g/mol. The highest BCUT2D eigenvalue weighted by molar-refractivity contribution is 7.99. The predicted molar refractivity (Wildman–Crippen MR) is 76.6 cm³/mol. The molecule has 0 aliphatic heterocycles. The number of aldehydes is 1. The minimum absolute atomic E-state index is 0.529. The van der Waals surface area contributed by atoms with E-state index in [2.05, 4.69) is 38.1 Å². The van der Waals surface area contributed by atoms with Crippen molar-refractivity contribution in [2.24, 2.45) is 0 Å². The number of rotatable bonds is 3. The molecule has 0 heterocycles. The van der Waals surface area contributed by atoms with Crippen LogP contribution < -0.4 is 0 Å². The molecule has 0 spiro atoms. The number of aryl methyl sites for hydroxylation is 2. The molecule has 0 atom stereocenters. The number of hydrogen-bond acceptors (Lipinski definition) is 3. The monoisotopic (exact) mass is 267 g/mol. The number of carbonyl (C=O) groups is 1. The van der Waals surface area contributed by atoms with Gasteiger partial charge >= 0.3 is 0 Å². The number of nitrogens with zero attached hydrogens (tertiary/aromatic N) is 1. The molecule has 0 unspecified atom stereocenters. The Morgan fingerprint density at radius 1 is 1.11 bits per heavy atom. The summed E-state index contributed by atoms with van der Waals surface area (Å²) >= 11 is 1.55. The molecule has 0 aliphatic rings.